The van der Waals surface area contributed by atoms with Crippen LogP contribution in [0.3, 0.4) is 0 Å². The molecule has 0 radical (unpaired) electrons. The smallest absolute Gasteiger partial charge is 0.102 e. The number of halogens is 1. The van der Waals surface area contributed by atoms with Gasteiger partial charge in [0.1, 0.15) is 15.9 Å². The van der Waals surface area contributed by atoms with Crippen LogP contribution >= 0.6 is 7.92 Å². The lowest BCUT2D eigenvalue weighted by molar-refractivity contribution is -0.00000534. The Bertz CT molecular complexity index is 823. The van der Waals surface area contributed by atoms with Gasteiger partial charge in [-0.1, -0.05) is 78.9 Å². The fourth-order valence-electron chi connectivity index (χ4n) is 2.98. The number of aryl methyl sites for hydroxylation is 2. The lowest BCUT2D eigenvalue weighted by atomic mass is 10.1. The van der Waals surface area contributed by atoms with Gasteiger partial charge in [0, 0.05) is 0 Å². The molecular weight excluding hydrogens is 423 g/mol. The first kappa shape index (κ1) is 22.1. The van der Waals surface area contributed by atoms with Crippen LogP contribution in [0, 0.1) is 13.8 Å². The van der Waals surface area contributed by atoms with Gasteiger partial charge < -0.3 is 17.0 Å². The molecule has 0 unspecified atom stereocenters. The highest BCUT2D eigenvalue weighted by Gasteiger charge is 2.24. The van der Waals surface area contributed by atoms with E-state index in [1.807, 2.05) is 0 Å². The SMILES string of the molecule is Cc1ccccc1C.[Br-].c1ccc([PH+](c2ccccc2)c2ccccc2)cc1. The largest absolute Gasteiger partial charge is 1.00 e. The van der Waals surface area contributed by atoms with Crippen molar-refractivity contribution in [2.24, 2.45) is 0 Å². The van der Waals surface area contributed by atoms with E-state index < -0.39 is 7.92 Å². The maximum Gasteiger partial charge on any atom is 0.102 e. The van der Waals surface area contributed by atoms with Crippen LogP contribution < -0.4 is 32.9 Å². The van der Waals surface area contributed by atoms with Crippen molar-refractivity contribution in [2.45, 2.75) is 13.8 Å². The lowest BCUT2D eigenvalue weighted by Crippen LogP contribution is -3.00. The van der Waals surface area contributed by atoms with E-state index in [1.54, 1.807) is 0 Å². The first-order valence-electron chi connectivity index (χ1n) is 9.31. The van der Waals surface area contributed by atoms with Crippen molar-refractivity contribution in [1.82, 2.24) is 0 Å². The summed E-state index contributed by atoms with van der Waals surface area (Å²) in [6.45, 7) is 4.24. The third-order valence-corrected chi connectivity index (χ3v) is 7.35. The van der Waals surface area contributed by atoms with Crippen LogP contribution in [-0.4, -0.2) is 0 Å². The molecule has 0 saturated heterocycles. The van der Waals surface area contributed by atoms with Gasteiger partial charge in [-0.15, -0.1) is 0 Å². The summed E-state index contributed by atoms with van der Waals surface area (Å²) in [4.78, 5) is 0. The summed E-state index contributed by atoms with van der Waals surface area (Å²) in [6, 6.07) is 40.9. The molecule has 0 nitrogen and oxygen atoms in total. The molecule has 0 aliphatic rings. The van der Waals surface area contributed by atoms with Crippen molar-refractivity contribution in [1.29, 1.82) is 0 Å². The van der Waals surface area contributed by atoms with E-state index in [2.05, 4.69) is 129 Å². The normalized spacial score (nSPS) is 9.82. The van der Waals surface area contributed by atoms with Crippen LogP contribution in [0.1, 0.15) is 11.1 Å². The molecule has 0 N–H and O–H groups in total. The molecule has 0 saturated carbocycles. The highest BCUT2D eigenvalue weighted by atomic mass is 79.9. The summed E-state index contributed by atoms with van der Waals surface area (Å²) in [7, 11) is -0.877. The summed E-state index contributed by atoms with van der Waals surface area (Å²) >= 11 is 0. The molecule has 0 spiro atoms. The Balaban J connectivity index is 0.000000264. The molecule has 28 heavy (non-hydrogen) atoms. The van der Waals surface area contributed by atoms with E-state index in [0.29, 0.717) is 0 Å². The predicted molar refractivity (Wildman–Crippen MR) is 122 cm³/mol. The van der Waals surface area contributed by atoms with Gasteiger partial charge in [0.15, 0.2) is 0 Å². The van der Waals surface area contributed by atoms with Gasteiger partial charge in [-0.25, -0.2) is 0 Å². The standard InChI is InChI=1S/C18H15P.C8H10.BrH/c1-4-10-16(11-5-1)19(17-12-6-2-7-13-17)18-14-8-3-9-15-18;1-7-5-3-4-6-8(7)2;/h1-15H;3-6H,1-2H3;1H. The van der Waals surface area contributed by atoms with Gasteiger partial charge >= 0.3 is 0 Å². The van der Waals surface area contributed by atoms with Crippen LogP contribution in [0.4, 0.5) is 0 Å². The maximum atomic E-state index is 2.24. The van der Waals surface area contributed by atoms with Crippen LogP contribution in [0.15, 0.2) is 115 Å². The van der Waals surface area contributed by atoms with E-state index in [1.165, 1.54) is 27.0 Å². The third kappa shape index (κ3) is 6.16. The maximum absolute atomic E-state index is 2.24. The first-order chi connectivity index (χ1) is 13.3. The average Bonchev–Trinajstić information content (AvgIpc) is 2.73. The number of hydrogen-bond donors (Lipinski definition) is 0. The third-order valence-electron chi connectivity index (χ3n) is 4.61. The molecule has 0 aromatic heterocycles. The molecule has 0 amide bonds. The van der Waals surface area contributed by atoms with Crippen molar-refractivity contribution >= 4 is 23.8 Å². The summed E-state index contributed by atoms with van der Waals surface area (Å²) in [5.41, 5.74) is 2.74. The summed E-state index contributed by atoms with van der Waals surface area (Å²) in [6.07, 6.45) is 0. The van der Waals surface area contributed by atoms with Gasteiger partial charge in [0.25, 0.3) is 0 Å². The second kappa shape index (κ2) is 11.6. The lowest BCUT2D eigenvalue weighted by Gasteiger charge is -2.10. The predicted octanol–water partition coefficient (Wildman–Crippen LogP) is 2.48. The van der Waals surface area contributed by atoms with Gasteiger partial charge in [-0.05, 0) is 61.4 Å². The van der Waals surface area contributed by atoms with E-state index in [0.717, 1.165) is 0 Å². The van der Waals surface area contributed by atoms with E-state index in [4.69, 9.17) is 0 Å². The van der Waals surface area contributed by atoms with Crippen LogP contribution in [0.2, 0.25) is 0 Å². The van der Waals surface area contributed by atoms with Crippen molar-refractivity contribution < 1.29 is 17.0 Å². The summed E-state index contributed by atoms with van der Waals surface area (Å²) < 4.78 is 0. The van der Waals surface area contributed by atoms with Crippen molar-refractivity contribution in [2.75, 3.05) is 0 Å². The van der Waals surface area contributed by atoms with Gasteiger partial charge in [0.2, 0.25) is 0 Å². The number of rotatable bonds is 3. The van der Waals surface area contributed by atoms with Gasteiger partial charge in [0.05, 0.1) is 7.92 Å². The first-order valence-corrected chi connectivity index (χ1v) is 10.8. The molecule has 0 aliphatic carbocycles. The molecular formula is C26H26BrP. The summed E-state index contributed by atoms with van der Waals surface area (Å²) in [5.74, 6) is 0. The minimum atomic E-state index is -0.877. The van der Waals surface area contributed by atoms with E-state index in [-0.39, 0.29) is 17.0 Å². The quantitative estimate of drug-likeness (QED) is 0.422. The second-order valence-corrected chi connectivity index (χ2v) is 9.04. The zero-order chi connectivity index (χ0) is 18.9. The monoisotopic (exact) mass is 448 g/mol. The Hall–Kier alpha value is -2.21. The van der Waals surface area contributed by atoms with E-state index in [9.17, 15) is 0 Å². The average molecular weight is 449 g/mol. The Morgan fingerprint density at radius 3 is 0.893 bits per heavy atom. The fourth-order valence-corrected chi connectivity index (χ4v) is 5.55. The fraction of sp³-hybridized carbons (Fsp3) is 0.0769. The van der Waals surface area contributed by atoms with Crippen LogP contribution in [0.5, 0.6) is 0 Å². The van der Waals surface area contributed by atoms with Crippen LogP contribution in [0.25, 0.3) is 0 Å². The van der Waals surface area contributed by atoms with Gasteiger partial charge in [-0.2, -0.15) is 0 Å². The Labute approximate surface area is 180 Å². The molecule has 0 heterocycles. The molecule has 2 heteroatoms. The minimum absolute atomic E-state index is 0. The van der Waals surface area contributed by atoms with Crippen molar-refractivity contribution in [3.05, 3.63) is 126 Å². The Kier molecular flexibility index (Phi) is 9.14. The molecule has 4 aromatic carbocycles. The minimum Gasteiger partial charge on any atom is -1.00 e. The molecule has 142 valence electrons. The molecule has 4 aromatic rings. The Morgan fingerprint density at radius 1 is 0.393 bits per heavy atom. The Morgan fingerprint density at radius 2 is 0.643 bits per heavy atom. The topological polar surface area (TPSA) is 0 Å². The highest BCUT2D eigenvalue weighted by molar-refractivity contribution is 7.79. The zero-order valence-corrected chi connectivity index (χ0v) is 18.9. The molecule has 4 rings (SSSR count). The number of hydrogen-bond acceptors (Lipinski definition) is 0. The van der Waals surface area contributed by atoms with Crippen molar-refractivity contribution in [3.8, 4) is 0 Å². The molecule has 0 atom stereocenters. The molecule has 0 aliphatic heterocycles. The van der Waals surface area contributed by atoms with Crippen LogP contribution in [-0.2, 0) is 0 Å². The van der Waals surface area contributed by atoms with E-state index >= 15 is 0 Å². The van der Waals surface area contributed by atoms with Gasteiger partial charge in [-0.3, -0.25) is 0 Å². The molecule has 0 fully saturated rings. The number of benzene rings is 4. The second-order valence-electron chi connectivity index (χ2n) is 6.56. The van der Waals surface area contributed by atoms with Crippen molar-refractivity contribution in [3.63, 3.8) is 0 Å². The molecule has 0 bridgehead atoms. The zero-order valence-electron chi connectivity index (χ0n) is 16.3. The highest BCUT2D eigenvalue weighted by Crippen LogP contribution is 2.32. The summed E-state index contributed by atoms with van der Waals surface area (Å²) in [5, 5.41) is 4.31.